The number of methoxy groups -OCH3 is 1. The predicted octanol–water partition coefficient (Wildman–Crippen LogP) is 0.550. The predicted molar refractivity (Wildman–Crippen MR) is 105 cm³/mol. The third kappa shape index (κ3) is 5.02. The molecule has 1 saturated heterocycles. The van der Waals surface area contributed by atoms with Gasteiger partial charge in [-0.05, 0) is 36.4 Å². The molecule has 1 fully saturated rings. The van der Waals surface area contributed by atoms with E-state index >= 15 is 0 Å². The molecular formula is C21H23NO8. The third-order valence-corrected chi connectivity index (χ3v) is 4.69. The van der Waals surface area contributed by atoms with Crippen molar-refractivity contribution >= 4 is 17.6 Å². The molecule has 1 aliphatic rings. The van der Waals surface area contributed by atoms with Gasteiger partial charge in [0, 0.05) is 18.4 Å². The maximum atomic E-state index is 12.3. The number of aliphatic hydroxyl groups excluding tert-OH is 3. The molecule has 0 bridgehead atoms. The van der Waals surface area contributed by atoms with E-state index in [0.29, 0.717) is 11.3 Å². The molecule has 2 aromatic rings. The highest BCUT2D eigenvalue weighted by Gasteiger charge is 2.44. The van der Waals surface area contributed by atoms with E-state index in [1.54, 1.807) is 36.4 Å². The number of anilines is 1. The van der Waals surface area contributed by atoms with Crippen molar-refractivity contribution in [2.75, 3.05) is 19.0 Å². The van der Waals surface area contributed by atoms with Crippen molar-refractivity contribution in [3.63, 3.8) is 0 Å². The Kier molecular flexibility index (Phi) is 7.14. The van der Waals surface area contributed by atoms with Gasteiger partial charge in [-0.1, -0.05) is 18.2 Å². The van der Waals surface area contributed by atoms with Crippen LogP contribution in [0.1, 0.15) is 20.7 Å². The van der Waals surface area contributed by atoms with Gasteiger partial charge in [0.2, 0.25) is 0 Å². The van der Waals surface area contributed by atoms with Crippen molar-refractivity contribution in [3.05, 3.63) is 65.7 Å². The van der Waals surface area contributed by atoms with Crippen LogP contribution in [-0.2, 0) is 14.2 Å². The van der Waals surface area contributed by atoms with Crippen molar-refractivity contribution in [2.45, 2.75) is 30.7 Å². The molecule has 3 rings (SSSR count). The summed E-state index contributed by atoms with van der Waals surface area (Å²) in [6, 6.07) is 14.8. The molecule has 9 heteroatoms. The van der Waals surface area contributed by atoms with Gasteiger partial charge in [0.1, 0.15) is 31.0 Å². The molecule has 4 N–H and O–H groups in total. The summed E-state index contributed by atoms with van der Waals surface area (Å²) in [7, 11) is 1.28. The van der Waals surface area contributed by atoms with E-state index in [2.05, 4.69) is 5.32 Å². The summed E-state index contributed by atoms with van der Waals surface area (Å²) in [4.78, 5) is 24.4. The van der Waals surface area contributed by atoms with Crippen LogP contribution in [0.15, 0.2) is 54.6 Å². The lowest BCUT2D eigenvalue weighted by atomic mass is 9.99. The average molecular weight is 417 g/mol. The molecule has 0 saturated carbocycles. The highest BCUT2D eigenvalue weighted by atomic mass is 16.7. The van der Waals surface area contributed by atoms with Crippen LogP contribution in [0.2, 0.25) is 0 Å². The van der Waals surface area contributed by atoms with Crippen LogP contribution in [0.3, 0.4) is 0 Å². The number of esters is 1. The molecule has 30 heavy (non-hydrogen) atoms. The highest BCUT2D eigenvalue weighted by Crippen LogP contribution is 2.22. The summed E-state index contributed by atoms with van der Waals surface area (Å²) in [5.74, 6) is -0.955. The Morgan fingerprint density at radius 3 is 2.23 bits per heavy atom. The van der Waals surface area contributed by atoms with Gasteiger partial charge in [-0.3, -0.25) is 4.79 Å². The zero-order valence-corrected chi connectivity index (χ0v) is 16.2. The van der Waals surface area contributed by atoms with Gasteiger partial charge in [0.15, 0.2) is 6.29 Å². The summed E-state index contributed by atoms with van der Waals surface area (Å²) in [5.41, 5.74) is 1.24. The van der Waals surface area contributed by atoms with Crippen LogP contribution in [0, 0.1) is 0 Å². The number of hydrogen-bond donors (Lipinski definition) is 4. The standard InChI is InChI=1S/C21H23NO8/c1-28-21-18(25)17(24)16(23)15(30-21)11-29-20(27)13-7-9-14(10-8-13)22-19(26)12-5-3-2-4-6-12/h2-10,15-18,21,23-25H,11H2,1H3,(H,22,26)/t15-,16-,17+,18-,21-/m1/s1. The summed E-state index contributed by atoms with van der Waals surface area (Å²) in [5, 5.41) is 32.3. The van der Waals surface area contributed by atoms with E-state index in [1.807, 2.05) is 6.07 Å². The Bertz CT molecular complexity index is 855. The van der Waals surface area contributed by atoms with E-state index < -0.39 is 36.7 Å². The van der Waals surface area contributed by atoms with Gasteiger partial charge < -0.3 is 34.8 Å². The molecule has 0 unspecified atom stereocenters. The third-order valence-electron chi connectivity index (χ3n) is 4.69. The first-order valence-corrected chi connectivity index (χ1v) is 9.26. The first-order chi connectivity index (χ1) is 14.4. The van der Waals surface area contributed by atoms with Crippen LogP contribution in [0.4, 0.5) is 5.69 Å². The molecule has 0 spiro atoms. The van der Waals surface area contributed by atoms with E-state index in [9.17, 15) is 24.9 Å². The lowest BCUT2D eigenvalue weighted by molar-refractivity contribution is -0.294. The number of nitrogens with one attached hydrogen (secondary N) is 1. The van der Waals surface area contributed by atoms with E-state index in [4.69, 9.17) is 14.2 Å². The topological polar surface area (TPSA) is 135 Å². The van der Waals surface area contributed by atoms with Crippen LogP contribution in [-0.4, -0.2) is 71.6 Å². The van der Waals surface area contributed by atoms with E-state index in [-0.39, 0.29) is 18.1 Å². The molecule has 0 radical (unpaired) electrons. The first-order valence-electron chi connectivity index (χ1n) is 9.26. The number of carbonyl (C=O) groups excluding carboxylic acids is 2. The second-order valence-electron chi connectivity index (χ2n) is 6.75. The molecule has 2 aromatic carbocycles. The van der Waals surface area contributed by atoms with Crippen LogP contribution >= 0.6 is 0 Å². The summed E-state index contributed by atoms with van der Waals surface area (Å²) >= 11 is 0. The molecule has 1 amide bonds. The SMILES string of the molecule is CO[C@@H]1O[C@H](COC(=O)c2ccc(NC(=O)c3ccccc3)cc2)[C@@H](O)[C@H](O)[C@H]1O. The number of ether oxygens (including phenoxy) is 3. The van der Waals surface area contributed by atoms with Gasteiger partial charge >= 0.3 is 5.97 Å². The second-order valence-corrected chi connectivity index (χ2v) is 6.75. The molecule has 160 valence electrons. The van der Waals surface area contributed by atoms with Gasteiger partial charge in [-0.15, -0.1) is 0 Å². The van der Waals surface area contributed by atoms with Gasteiger partial charge in [-0.2, -0.15) is 0 Å². The maximum Gasteiger partial charge on any atom is 0.338 e. The minimum atomic E-state index is -1.50. The fourth-order valence-corrected chi connectivity index (χ4v) is 2.97. The molecular weight excluding hydrogens is 394 g/mol. The van der Waals surface area contributed by atoms with Gasteiger partial charge in [0.25, 0.3) is 5.91 Å². The van der Waals surface area contributed by atoms with Crippen LogP contribution in [0.5, 0.6) is 0 Å². The number of hydrogen-bond acceptors (Lipinski definition) is 8. The average Bonchev–Trinajstić information content (AvgIpc) is 2.78. The maximum absolute atomic E-state index is 12.3. The number of rotatable bonds is 6. The fraction of sp³-hybridized carbons (Fsp3) is 0.333. The molecule has 0 aromatic heterocycles. The normalized spacial score (nSPS) is 26.1. The minimum absolute atomic E-state index is 0.224. The molecule has 5 atom stereocenters. The number of aliphatic hydroxyl groups is 3. The van der Waals surface area contributed by atoms with Crippen molar-refractivity contribution in [1.82, 2.24) is 0 Å². The van der Waals surface area contributed by atoms with Crippen molar-refractivity contribution in [2.24, 2.45) is 0 Å². The molecule has 9 nitrogen and oxygen atoms in total. The van der Waals surface area contributed by atoms with Crippen molar-refractivity contribution in [1.29, 1.82) is 0 Å². The van der Waals surface area contributed by atoms with Crippen LogP contribution < -0.4 is 5.32 Å². The summed E-state index contributed by atoms with van der Waals surface area (Å²) < 4.78 is 15.4. The Labute approximate surface area is 172 Å². The van der Waals surface area contributed by atoms with Gasteiger partial charge in [0.05, 0.1) is 5.56 Å². The molecule has 0 aliphatic carbocycles. The summed E-state index contributed by atoms with van der Waals surface area (Å²) in [6.07, 6.45) is -6.59. The largest absolute Gasteiger partial charge is 0.459 e. The quantitative estimate of drug-likeness (QED) is 0.501. The Hall–Kier alpha value is -2.82. The smallest absolute Gasteiger partial charge is 0.338 e. The lowest BCUT2D eigenvalue weighted by Crippen LogP contribution is -2.59. The minimum Gasteiger partial charge on any atom is -0.459 e. The van der Waals surface area contributed by atoms with E-state index in [0.717, 1.165) is 0 Å². The highest BCUT2D eigenvalue weighted by molar-refractivity contribution is 6.04. The Morgan fingerprint density at radius 1 is 0.933 bits per heavy atom. The lowest BCUT2D eigenvalue weighted by Gasteiger charge is -2.39. The Balaban J connectivity index is 1.55. The molecule has 1 aliphatic heterocycles. The Morgan fingerprint density at radius 2 is 1.60 bits per heavy atom. The van der Waals surface area contributed by atoms with Crippen molar-refractivity contribution in [3.8, 4) is 0 Å². The first kappa shape index (κ1) is 21.9. The number of carbonyl (C=O) groups is 2. The van der Waals surface area contributed by atoms with Crippen molar-refractivity contribution < 1.29 is 39.1 Å². The number of amides is 1. The zero-order chi connectivity index (χ0) is 21.7. The number of benzene rings is 2. The van der Waals surface area contributed by atoms with E-state index in [1.165, 1.54) is 19.2 Å². The zero-order valence-electron chi connectivity index (χ0n) is 16.2. The fourth-order valence-electron chi connectivity index (χ4n) is 2.97. The van der Waals surface area contributed by atoms with Gasteiger partial charge in [-0.25, -0.2) is 4.79 Å². The summed E-state index contributed by atoms with van der Waals surface area (Å²) in [6.45, 7) is -0.351. The molecule has 1 heterocycles. The van der Waals surface area contributed by atoms with Crippen LogP contribution in [0.25, 0.3) is 0 Å². The monoisotopic (exact) mass is 417 g/mol. The second kappa shape index (κ2) is 9.79.